The monoisotopic (exact) mass is 275 g/mol. The molecule has 0 aliphatic carbocycles. The fourth-order valence-electron chi connectivity index (χ4n) is 1.74. The molecule has 102 valence electrons. The van der Waals surface area contributed by atoms with Gasteiger partial charge >= 0.3 is 0 Å². The molecule has 2 rings (SSSR count). The maximum Gasteiger partial charge on any atom is 0.213 e. The van der Waals surface area contributed by atoms with Gasteiger partial charge in [0.1, 0.15) is 11.6 Å². The molecule has 0 atom stereocenters. The van der Waals surface area contributed by atoms with Crippen molar-refractivity contribution in [2.24, 2.45) is 0 Å². The highest BCUT2D eigenvalue weighted by molar-refractivity contribution is 6.09. The van der Waals surface area contributed by atoms with Gasteiger partial charge in [-0.25, -0.2) is 8.78 Å². The minimum atomic E-state index is -0.899. The van der Waals surface area contributed by atoms with E-state index in [4.69, 9.17) is 0 Å². The van der Waals surface area contributed by atoms with Gasteiger partial charge < -0.3 is 4.90 Å². The Morgan fingerprint density at radius 3 is 2.30 bits per heavy atom. The lowest BCUT2D eigenvalue weighted by Gasteiger charge is -2.11. The second-order valence-electron chi connectivity index (χ2n) is 4.22. The van der Waals surface area contributed by atoms with Crippen LogP contribution in [-0.4, -0.2) is 19.2 Å². The number of hydrogen-bond acceptors (Lipinski definition) is 2. The summed E-state index contributed by atoms with van der Waals surface area (Å²) in [5, 5.41) is 0. The quantitative estimate of drug-likeness (QED) is 0.635. The topological polar surface area (TPSA) is 37.4 Å². The summed E-state index contributed by atoms with van der Waals surface area (Å²) in [5.41, 5.74) is 0.678. The maximum atomic E-state index is 13.5. The molecule has 5 heteroatoms. The third-order valence-electron chi connectivity index (χ3n) is 2.87. The standard InChI is InChI=1S/C15H11F2NO2/c1-18(9-19)12-5-2-10(3-6-12)15(20)13-7-4-11(16)8-14(13)17/h2-9H,1H3. The van der Waals surface area contributed by atoms with Crippen molar-refractivity contribution in [3.63, 3.8) is 0 Å². The van der Waals surface area contributed by atoms with E-state index in [0.29, 0.717) is 18.2 Å². The number of anilines is 1. The lowest BCUT2D eigenvalue weighted by Crippen LogP contribution is -2.13. The number of amides is 1. The van der Waals surface area contributed by atoms with E-state index in [0.717, 1.165) is 12.1 Å². The van der Waals surface area contributed by atoms with E-state index >= 15 is 0 Å². The highest BCUT2D eigenvalue weighted by Gasteiger charge is 2.14. The highest BCUT2D eigenvalue weighted by Crippen LogP contribution is 2.18. The summed E-state index contributed by atoms with van der Waals surface area (Å²) in [6.45, 7) is 0. The van der Waals surface area contributed by atoms with Crippen LogP contribution in [0.5, 0.6) is 0 Å². The zero-order valence-electron chi connectivity index (χ0n) is 10.6. The number of carbonyl (C=O) groups excluding carboxylic acids is 2. The zero-order valence-corrected chi connectivity index (χ0v) is 10.6. The average molecular weight is 275 g/mol. The van der Waals surface area contributed by atoms with Gasteiger partial charge in [0.15, 0.2) is 5.78 Å². The van der Waals surface area contributed by atoms with Gasteiger partial charge in [0.05, 0.1) is 5.56 Å². The highest BCUT2D eigenvalue weighted by atomic mass is 19.1. The first-order valence-corrected chi connectivity index (χ1v) is 5.81. The zero-order chi connectivity index (χ0) is 14.7. The summed E-state index contributed by atoms with van der Waals surface area (Å²) < 4.78 is 26.3. The van der Waals surface area contributed by atoms with Gasteiger partial charge in [0.2, 0.25) is 6.41 Å². The van der Waals surface area contributed by atoms with Crippen LogP contribution in [0, 0.1) is 11.6 Å². The number of ketones is 1. The van der Waals surface area contributed by atoms with Crippen molar-refractivity contribution in [1.82, 2.24) is 0 Å². The van der Waals surface area contributed by atoms with Gasteiger partial charge in [0.25, 0.3) is 0 Å². The van der Waals surface area contributed by atoms with E-state index in [1.165, 1.54) is 17.0 Å². The molecule has 1 amide bonds. The van der Waals surface area contributed by atoms with E-state index in [1.807, 2.05) is 0 Å². The molecule has 0 saturated heterocycles. The van der Waals surface area contributed by atoms with Gasteiger partial charge in [0, 0.05) is 24.4 Å². The number of nitrogens with zero attached hydrogens (tertiary/aromatic N) is 1. The van der Waals surface area contributed by atoms with Gasteiger partial charge in [-0.2, -0.15) is 0 Å². The van der Waals surface area contributed by atoms with Crippen LogP contribution in [0.2, 0.25) is 0 Å². The van der Waals surface area contributed by atoms with Crippen molar-refractivity contribution < 1.29 is 18.4 Å². The van der Waals surface area contributed by atoms with Crippen molar-refractivity contribution in [2.75, 3.05) is 11.9 Å². The van der Waals surface area contributed by atoms with E-state index in [2.05, 4.69) is 0 Å². The van der Waals surface area contributed by atoms with Crippen molar-refractivity contribution in [3.8, 4) is 0 Å². The molecule has 0 saturated carbocycles. The van der Waals surface area contributed by atoms with E-state index < -0.39 is 17.4 Å². The van der Waals surface area contributed by atoms with E-state index in [1.54, 1.807) is 19.2 Å². The Morgan fingerprint density at radius 1 is 1.10 bits per heavy atom. The molecular formula is C15H11F2NO2. The van der Waals surface area contributed by atoms with Crippen LogP contribution < -0.4 is 4.90 Å². The van der Waals surface area contributed by atoms with Crippen molar-refractivity contribution in [1.29, 1.82) is 0 Å². The van der Waals surface area contributed by atoms with E-state index in [-0.39, 0.29) is 11.1 Å². The Hall–Kier alpha value is -2.56. The third-order valence-corrected chi connectivity index (χ3v) is 2.87. The molecule has 0 radical (unpaired) electrons. The molecule has 2 aromatic carbocycles. The van der Waals surface area contributed by atoms with Crippen LogP contribution in [0.3, 0.4) is 0 Å². The van der Waals surface area contributed by atoms with Crippen LogP contribution in [0.1, 0.15) is 15.9 Å². The maximum absolute atomic E-state index is 13.5. The molecule has 20 heavy (non-hydrogen) atoms. The first-order valence-electron chi connectivity index (χ1n) is 5.81. The number of benzene rings is 2. The lowest BCUT2D eigenvalue weighted by atomic mass is 10.0. The number of rotatable bonds is 4. The molecule has 0 bridgehead atoms. The molecule has 0 aromatic heterocycles. The molecule has 2 aromatic rings. The van der Waals surface area contributed by atoms with Gasteiger partial charge in [-0.1, -0.05) is 0 Å². The summed E-state index contributed by atoms with van der Waals surface area (Å²) in [6, 6.07) is 8.93. The molecule has 0 spiro atoms. The van der Waals surface area contributed by atoms with Crippen LogP contribution >= 0.6 is 0 Å². The first kappa shape index (κ1) is 13.9. The predicted molar refractivity (Wildman–Crippen MR) is 70.7 cm³/mol. The third kappa shape index (κ3) is 2.71. The fourth-order valence-corrected chi connectivity index (χ4v) is 1.74. The summed E-state index contributed by atoms with van der Waals surface area (Å²) >= 11 is 0. The summed E-state index contributed by atoms with van der Waals surface area (Å²) in [5.74, 6) is -2.17. The Labute approximate surface area is 114 Å². The predicted octanol–water partition coefficient (Wildman–Crippen LogP) is 2.79. The summed E-state index contributed by atoms with van der Waals surface area (Å²) in [6.07, 6.45) is 0.635. The van der Waals surface area contributed by atoms with Crippen LogP contribution in [0.25, 0.3) is 0 Å². The normalized spacial score (nSPS) is 10.2. The number of hydrogen-bond donors (Lipinski definition) is 0. The van der Waals surface area contributed by atoms with Crippen molar-refractivity contribution in [2.45, 2.75) is 0 Å². The molecule has 0 N–H and O–H groups in total. The molecule has 0 unspecified atom stereocenters. The fraction of sp³-hybridized carbons (Fsp3) is 0.0667. The van der Waals surface area contributed by atoms with E-state index in [9.17, 15) is 18.4 Å². The summed E-state index contributed by atoms with van der Waals surface area (Å²) in [4.78, 5) is 24.0. The molecule has 0 aliphatic rings. The van der Waals surface area contributed by atoms with Crippen molar-refractivity contribution >= 4 is 17.9 Å². The molecule has 0 heterocycles. The minimum Gasteiger partial charge on any atom is -0.318 e. The van der Waals surface area contributed by atoms with Gasteiger partial charge in [-0.3, -0.25) is 9.59 Å². The Kier molecular flexibility index (Phi) is 3.89. The molecule has 0 fully saturated rings. The number of halogens is 2. The molecule has 3 nitrogen and oxygen atoms in total. The Bertz CT molecular complexity index is 653. The SMILES string of the molecule is CN(C=O)c1ccc(C(=O)c2ccc(F)cc2F)cc1. The van der Waals surface area contributed by atoms with Gasteiger partial charge in [-0.15, -0.1) is 0 Å². The smallest absolute Gasteiger partial charge is 0.213 e. The van der Waals surface area contributed by atoms with Crippen molar-refractivity contribution in [3.05, 3.63) is 65.2 Å². The Morgan fingerprint density at radius 2 is 1.75 bits per heavy atom. The minimum absolute atomic E-state index is 0.192. The van der Waals surface area contributed by atoms with Crippen LogP contribution in [0.4, 0.5) is 14.5 Å². The van der Waals surface area contributed by atoms with Crippen LogP contribution in [0.15, 0.2) is 42.5 Å². The first-order chi connectivity index (χ1) is 9.52. The second-order valence-corrected chi connectivity index (χ2v) is 4.22. The summed E-state index contributed by atoms with van der Waals surface area (Å²) in [7, 11) is 1.57. The molecule has 0 aliphatic heterocycles. The van der Waals surface area contributed by atoms with Gasteiger partial charge in [-0.05, 0) is 36.4 Å². The Balaban J connectivity index is 2.31. The number of carbonyl (C=O) groups is 2. The molecular weight excluding hydrogens is 264 g/mol. The second kappa shape index (κ2) is 5.61. The van der Waals surface area contributed by atoms with Crippen LogP contribution in [-0.2, 0) is 4.79 Å². The average Bonchev–Trinajstić information content (AvgIpc) is 2.46. The lowest BCUT2D eigenvalue weighted by molar-refractivity contribution is -0.107. The largest absolute Gasteiger partial charge is 0.318 e.